The molecule has 0 aliphatic carbocycles. The van der Waals surface area contributed by atoms with Crippen LogP contribution in [0.1, 0.15) is 16.1 Å². The number of carboxylic acid groups (broad SMARTS) is 1. The number of carbonyl (C=O) groups is 2. The van der Waals surface area contributed by atoms with Gasteiger partial charge in [0.2, 0.25) is 5.91 Å². The quantitative estimate of drug-likeness (QED) is 0.841. The van der Waals surface area contributed by atoms with Crippen LogP contribution in [-0.4, -0.2) is 41.2 Å². The maximum Gasteiger partial charge on any atom is 0.405 e. The summed E-state index contributed by atoms with van der Waals surface area (Å²) < 4.78 is 37.3. The lowest BCUT2D eigenvalue weighted by Gasteiger charge is -2.23. The van der Waals surface area contributed by atoms with Gasteiger partial charge in [-0.3, -0.25) is 9.59 Å². The third-order valence-electron chi connectivity index (χ3n) is 2.24. The molecule has 3 N–H and O–H groups in total. The lowest BCUT2D eigenvalue weighted by Crippen LogP contribution is -2.38. The van der Waals surface area contributed by atoms with Crippen LogP contribution < -0.4 is 10.6 Å². The van der Waals surface area contributed by atoms with E-state index < -0.39 is 31.1 Å². The Bertz CT molecular complexity index is 531. The highest BCUT2D eigenvalue weighted by Crippen LogP contribution is 2.22. The summed E-state index contributed by atoms with van der Waals surface area (Å²) in [5, 5.41) is 8.66. The second kappa shape index (κ2) is 5.76. The van der Waals surface area contributed by atoms with Crippen molar-refractivity contribution in [2.75, 3.05) is 18.0 Å². The Morgan fingerprint density at radius 3 is 2.45 bits per heavy atom. The fraction of sp³-hybridized carbons (Fsp3) is 0.364. The molecule has 1 heterocycles. The summed E-state index contributed by atoms with van der Waals surface area (Å²) in [5.74, 6) is -2.55. The predicted molar refractivity (Wildman–Crippen MR) is 63.4 cm³/mol. The molecule has 0 bridgehead atoms. The maximum absolute atomic E-state index is 12.4. The van der Waals surface area contributed by atoms with Crippen LogP contribution in [0.15, 0.2) is 12.1 Å². The van der Waals surface area contributed by atoms with Gasteiger partial charge in [-0.2, -0.15) is 13.2 Å². The van der Waals surface area contributed by atoms with Crippen molar-refractivity contribution in [1.82, 2.24) is 4.98 Å². The van der Waals surface area contributed by atoms with E-state index in [-0.39, 0.29) is 17.1 Å². The minimum atomic E-state index is -4.60. The standard InChI is InChI=1S/C11H12F3N3O3/c1-6-2-7(10(15)20)3-8(16-6)17(4-9(18)19)5-11(12,13)14/h2-3H,4-5H2,1H3,(H2,15,20)(H,18,19). The van der Waals surface area contributed by atoms with Gasteiger partial charge in [-0.1, -0.05) is 0 Å². The van der Waals surface area contributed by atoms with Gasteiger partial charge in [-0.25, -0.2) is 4.98 Å². The number of aromatic nitrogens is 1. The van der Waals surface area contributed by atoms with Crippen LogP contribution in [-0.2, 0) is 4.79 Å². The molecule has 0 unspecified atom stereocenters. The van der Waals surface area contributed by atoms with Gasteiger partial charge in [0.1, 0.15) is 18.9 Å². The van der Waals surface area contributed by atoms with Crippen molar-refractivity contribution < 1.29 is 27.9 Å². The molecule has 0 saturated heterocycles. The maximum atomic E-state index is 12.4. The number of hydrogen-bond donors (Lipinski definition) is 2. The lowest BCUT2D eigenvalue weighted by atomic mass is 10.2. The summed E-state index contributed by atoms with van der Waals surface area (Å²) >= 11 is 0. The Balaban J connectivity index is 3.18. The Hall–Kier alpha value is -2.32. The fourth-order valence-electron chi connectivity index (χ4n) is 1.55. The molecule has 1 aromatic heterocycles. The molecular formula is C11H12F3N3O3. The average molecular weight is 291 g/mol. The number of halogens is 3. The van der Waals surface area contributed by atoms with Gasteiger partial charge in [0, 0.05) is 11.3 Å². The Morgan fingerprint density at radius 2 is 2.00 bits per heavy atom. The van der Waals surface area contributed by atoms with Gasteiger partial charge in [0.15, 0.2) is 0 Å². The van der Waals surface area contributed by atoms with Gasteiger partial charge >= 0.3 is 12.1 Å². The third kappa shape index (κ3) is 4.75. The van der Waals surface area contributed by atoms with Gasteiger partial charge in [-0.05, 0) is 19.1 Å². The number of rotatable bonds is 5. The molecule has 0 fully saturated rings. The molecule has 1 rings (SSSR count). The zero-order chi connectivity index (χ0) is 15.5. The number of nitrogens with zero attached hydrogens (tertiary/aromatic N) is 2. The summed E-state index contributed by atoms with van der Waals surface area (Å²) in [7, 11) is 0. The number of pyridine rings is 1. The molecule has 0 aromatic carbocycles. The van der Waals surface area contributed by atoms with Crippen molar-refractivity contribution in [2.45, 2.75) is 13.1 Å². The zero-order valence-corrected chi connectivity index (χ0v) is 10.4. The Kier molecular flexibility index (Phi) is 4.53. The normalized spacial score (nSPS) is 11.2. The van der Waals surface area contributed by atoms with E-state index in [2.05, 4.69) is 4.98 Å². The molecule has 0 saturated carbocycles. The number of alkyl halides is 3. The summed E-state index contributed by atoms with van der Waals surface area (Å²) in [6.07, 6.45) is -4.60. The first kappa shape index (κ1) is 15.7. The van der Waals surface area contributed by atoms with E-state index in [0.717, 1.165) is 6.07 Å². The third-order valence-corrected chi connectivity index (χ3v) is 2.24. The number of amides is 1. The predicted octanol–water partition coefficient (Wildman–Crippen LogP) is 0.942. The molecule has 0 aliphatic rings. The Labute approximate surface area is 112 Å². The Morgan fingerprint density at radius 1 is 1.40 bits per heavy atom. The molecule has 0 spiro atoms. The monoisotopic (exact) mass is 291 g/mol. The number of hydrogen-bond acceptors (Lipinski definition) is 4. The van der Waals surface area contributed by atoms with Crippen LogP contribution in [0.3, 0.4) is 0 Å². The molecule has 1 aromatic rings. The molecule has 9 heteroatoms. The number of aliphatic carboxylic acids is 1. The van der Waals surface area contributed by atoms with Gasteiger partial charge in [0.05, 0.1) is 0 Å². The molecule has 0 aliphatic heterocycles. The van der Waals surface area contributed by atoms with E-state index in [1.54, 1.807) is 0 Å². The summed E-state index contributed by atoms with van der Waals surface area (Å²) in [6, 6.07) is 2.34. The highest BCUT2D eigenvalue weighted by molar-refractivity contribution is 5.93. The first-order chi connectivity index (χ1) is 9.08. The van der Waals surface area contributed by atoms with E-state index in [0.29, 0.717) is 4.90 Å². The van der Waals surface area contributed by atoms with Crippen LogP contribution >= 0.6 is 0 Å². The van der Waals surface area contributed by atoms with Gasteiger partial charge < -0.3 is 15.7 Å². The molecule has 1 amide bonds. The fourth-order valence-corrected chi connectivity index (χ4v) is 1.55. The number of anilines is 1. The van der Waals surface area contributed by atoms with Crippen molar-refractivity contribution >= 4 is 17.7 Å². The zero-order valence-electron chi connectivity index (χ0n) is 10.4. The van der Waals surface area contributed by atoms with Crippen molar-refractivity contribution in [3.8, 4) is 0 Å². The first-order valence-electron chi connectivity index (χ1n) is 5.40. The number of aryl methyl sites for hydroxylation is 1. The van der Waals surface area contributed by atoms with Crippen molar-refractivity contribution in [3.05, 3.63) is 23.4 Å². The second-order valence-corrected chi connectivity index (χ2v) is 4.08. The molecule has 110 valence electrons. The summed E-state index contributed by atoms with van der Waals surface area (Å²) in [4.78, 5) is 26.0. The molecule has 0 radical (unpaired) electrons. The van der Waals surface area contributed by atoms with Crippen LogP contribution in [0, 0.1) is 6.92 Å². The SMILES string of the molecule is Cc1cc(C(N)=O)cc(N(CC(=O)O)CC(F)(F)F)n1. The van der Waals surface area contributed by atoms with Crippen LogP contribution in [0.5, 0.6) is 0 Å². The largest absolute Gasteiger partial charge is 0.480 e. The van der Waals surface area contributed by atoms with Crippen LogP contribution in [0.25, 0.3) is 0 Å². The van der Waals surface area contributed by atoms with E-state index in [1.807, 2.05) is 0 Å². The highest BCUT2D eigenvalue weighted by Gasteiger charge is 2.32. The minimum Gasteiger partial charge on any atom is -0.480 e. The molecule has 20 heavy (non-hydrogen) atoms. The number of carbonyl (C=O) groups excluding carboxylic acids is 1. The van der Waals surface area contributed by atoms with E-state index in [1.165, 1.54) is 13.0 Å². The number of nitrogens with two attached hydrogens (primary N) is 1. The van der Waals surface area contributed by atoms with Crippen LogP contribution in [0.4, 0.5) is 19.0 Å². The van der Waals surface area contributed by atoms with E-state index in [9.17, 15) is 22.8 Å². The van der Waals surface area contributed by atoms with Crippen LogP contribution in [0.2, 0.25) is 0 Å². The van der Waals surface area contributed by atoms with Crippen molar-refractivity contribution in [2.24, 2.45) is 5.73 Å². The second-order valence-electron chi connectivity index (χ2n) is 4.08. The topological polar surface area (TPSA) is 96.5 Å². The van der Waals surface area contributed by atoms with Gasteiger partial charge in [-0.15, -0.1) is 0 Å². The molecule has 6 nitrogen and oxygen atoms in total. The van der Waals surface area contributed by atoms with Crippen molar-refractivity contribution in [1.29, 1.82) is 0 Å². The lowest BCUT2D eigenvalue weighted by molar-refractivity contribution is -0.136. The highest BCUT2D eigenvalue weighted by atomic mass is 19.4. The van der Waals surface area contributed by atoms with Crippen molar-refractivity contribution in [3.63, 3.8) is 0 Å². The average Bonchev–Trinajstić information content (AvgIpc) is 2.24. The smallest absolute Gasteiger partial charge is 0.405 e. The molecule has 0 atom stereocenters. The number of primary amides is 1. The first-order valence-corrected chi connectivity index (χ1v) is 5.40. The van der Waals surface area contributed by atoms with Gasteiger partial charge in [0.25, 0.3) is 0 Å². The summed E-state index contributed by atoms with van der Waals surface area (Å²) in [6.45, 7) is -0.926. The molecular weight excluding hydrogens is 279 g/mol. The number of carboxylic acids is 1. The summed E-state index contributed by atoms with van der Waals surface area (Å²) in [5.41, 5.74) is 5.28. The van der Waals surface area contributed by atoms with E-state index in [4.69, 9.17) is 10.8 Å². The van der Waals surface area contributed by atoms with E-state index >= 15 is 0 Å². The minimum absolute atomic E-state index is 0.0370.